The van der Waals surface area contributed by atoms with Crippen molar-refractivity contribution >= 4 is 21.6 Å². The predicted octanol–water partition coefficient (Wildman–Crippen LogP) is 9.58. The Bertz CT molecular complexity index is 1350. The number of hydrogen-bond acceptors (Lipinski definition) is 3. The number of halogens is 2. The van der Waals surface area contributed by atoms with Crippen molar-refractivity contribution < 1.29 is 18.3 Å². The molecule has 1 aromatic carbocycles. The summed E-state index contributed by atoms with van der Waals surface area (Å²) in [5.41, 5.74) is 5.00. The monoisotopic (exact) mass is 613 g/mol. The first-order valence-electron chi connectivity index (χ1n) is 15.7. The Labute approximate surface area is 255 Å². The summed E-state index contributed by atoms with van der Waals surface area (Å²) >= 11 is 0. The molecule has 0 aliphatic heterocycles. The van der Waals surface area contributed by atoms with Gasteiger partial charge in [0, 0.05) is 33.6 Å². The van der Waals surface area contributed by atoms with E-state index in [0.717, 1.165) is 48.2 Å². The van der Waals surface area contributed by atoms with Gasteiger partial charge in [-0.15, -0.1) is 0 Å². The maximum Gasteiger partial charge on any atom is 0.192 e. The fourth-order valence-electron chi connectivity index (χ4n) is 6.59. The highest BCUT2D eigenvalue weighted by Gasteiger charge is 2.45. The average molecular weight is 614 g/mol. The second kappa shape index (κ2) is 11.4. The van der Waals surface area contributed by atoms with Crippen LogP contribution in [0.5, 0.6) is 0 Å². The Morgan fingerprint density at radius 3 is 2.10 bits per heavy atom. The van der Waals surface area contributed by atoms with Gasteiger partial charge in [-0.05, 0) is 78.4 Å². The van der Waals surface area contributed by atoms with Crippen LogP contribution in [0.2, 0.25) is 37.8 Å². The molecule has 42 heavy (non-hydrogen) atoms. The molecular weight excluding hydrogens is 561 g/mol. The van der Waals surface area contributed by atoms with Gasteiger partial charge in [-0.25, -0.2) is 8.78 Å². The summed E-state index contributed by atoms with van der Waals surface area (Å²) in [5, 5.41) is 12.3. The van der Waals surface area contributed by atoms with E-state index in [1.807, 2.05) is 19.6 Å². The highest BCUT2D eigenvalue weighted by molar-refractivity contribution is 6.88. The number of aliphatic hydroxyl groups excluding tert-OH is 1. The fraction of sp³-hybridized carbons (Fsp3) is 0.629. The van der Waals surface area contributed by atoms with Crippen molar-refractivity contribution in [3.63, 3.8) is 0 Å². The summed E-state index contributed by atoms with van der Waals surface area (Å²) in [6.45, 7) is 25.9. The van der Waals surface area contributed by atoms with Crippen LogP contribution in [0.4, 0.5) is 8.78 Å². The maximum absolute atomic E-state index is 15.5. The van der Waals surface area contributed by atoms with E-state index in [9.17, 15) is 5.11 Å². The minimum absolute atomic E-state index is 0.00311. The molecule has 0 saturated heterocycles. The first-order chi connectivity index (χ1) is 19.1. The molecule has 1 heterocycles. The lowest BCUT2D eigenvalue weighted by atomic mass is 9.70. The molecule has 1 N–H and O–H groups in total. The lowest BCUT2D eigenvalue weighted by molar-refractivity contribution is 0.104. The molecule has 2 aliphatic rings. The van der Waals surface area contributed by atoms with Crippen molar-refractivity contribution in [3.05, 3.63) is 69.6 Å². The Kier molecular flexibility index (Phi) is 8.98. The molecule has 4 rings (SSSR count). The van der Waals surface area contributed by atoms with Gasteiger partial charge in [0.15, 0.2) is 8.32 Å². The van der Waals surface area contributed by atoms with E-state index in [4.69, 9.17) is 9.41 Å². The molecule has 7 heteroatoms. The standard InChI is InChI=1S/C35H53F2NO2Si2/c1-21(2)31-30(32(39)23-17-24(36)33(25(37)18-23)41(8,9)10)28(22-15-13-14-16-22)29-26(38-31)19-35(6,7)20-27(29)40-42(11,12)34(3,4)5/h13,15,17-18,21-22,27,32,39H,14,16,19-20H2,1-12H3/t22?,27?,32-/m1/s1. The summed E-state index contributed by atoms with van der Waals surface area (Å²) in [5.74, 6) is -1.02. The van der Waals surface area contributed by atoms with Gasteiger partial charge in [-0.2, -0.15) is 0 Å². The molecule has 0 saturated carbocycles. The predicted molar refractivity (Wildman–Crippen MR) is 176 cm³/mol. The Balaban J connectivity index is 2.03. The van der Waals surface area contributed by atoms with Crippen molar-refractivity contribution in [2.45, 2.75) is 136 Å². The molecule has 3 nitrogen and oxygen atoms in total. The summed E-state index contributed by atoms with van der Waals surface area (Å²) < 4.78 is 38.2. The van der Waals surface area contributed by atoms with E-state index in [1.165, 1.54) is 12.1 Å². The number of nitrogens with zero attached hydrogens (tertiary/aromatic N) is 1. The zero-order valence-corrected chi connectivity index (χ0v) is 30.0. The van der Waals surface area contributed by atoms with Crippen molar-refractivity contribution in [2.24, 2.45) is 5.41 Å². The lowest BCUT2D eigenvalue weighted by Crippen LogP contribution is -2.44. The number of fused-ring (bicyclic) bond motifs is 1. The highest BCUT2D eigenvalue weighted by atomic mass is 28.4. The Morgan fingerprint density at radius 2 is 1.62 bits per heavy atom. The number of pyridine rings is 1. The van der Waals surface area contributed by atoms with E-state index >= 15 is 8.78 Å². The maximum atomic E-state index is 15.5. The number of aromatic nitrogens is 1. The van der Waals surface area contributed by atoms with Gasteiger partial charge in [-0.1, -0.05) is 80.3 Å². The largest absolute Gasteiger partial charge is 0.410 e. The van der Waals surface area contributed by atoms with Crippen molar-refractivity contribution in [2.75, 3.05) is 0 Å². The molecule has 3 atom stereocenters. The van der Waals surface area contributed by atoms with Crippen molar-refractivity contribution in [3.8, 4) is 0 Å². The summed E-state index contributed by atoms with van der Waals surface area (Å²) in [4.78, 5) is 5.30. The molecule has 0 bridgehead atoms. The third-order valence-corrected chi connectivity index (χ3v) is 16.2. The van der Waals surface area contributed by atoms with Crippen LogP contribution in [0.15, 0.2) is 24.3 Å². The second-order valence-electron chi connectivity index (χ2n) is 16.4. The molecule has 2 unspecified atom stereocenters. The number of allylic oxidation sites excluding steroid dienone is 2. The third-order valence-electron chi connectivity index (χ3n) is 9.71. The first-order valence-corrected chi connectivity index (χ1v) is 22.1. The molecule has 1 aromatic heterocycles. The minimum atomic E-state index is -2.27. The van der Waals surface area contributed by atoms with Gasteiger partial charge < -0.3 is 9.53 Å². The Morgan fingerprint density at radius 1 is 1.02 bits per heavy atom. The molecule has 0 fully saturated rings. The van der Waals surface area contributed by atoms with Gasteiger partial charge in [0.2, 0.25) is 0 Å². The highest BCUT2D eigenvalue weighted by Crippen LogP contribution is 2.52. The summed E-state index contributed by atoms with van der Waals surface area (Å²) in [6, 6.07) is 2.71. The zero-order valence-electron chi connectivity index (χ0n) is 28.0. The van der Waals surface area contributed by atoms with E-state index in [0.29, 0.717) is 5.56 Å². The van der Waals surface area contributed by atoms with Crippen LogP contribution in [-0.4, -0.2) is 26.5 Å². The normalized spacial score (nSPS) is 21.6. The van der Waals surface area contributed by atoms with Crippen molar-refractivity contribution in [1.82, 2.24) is 4.98 Å². The number of rotatable bonds is 7. The SMILES string of the molecule is CC(C)c1nc2c(c(C3C=CCC3)c1[C@H](O)c1cc(F)c([Si](C)(C)C)c(F)c1)C(O[Si](C)(C)C(C)(C)C)CC(C)(C)C2. The lowest BCUT2D eigenvalue weighted by Gasteiger charge is -2.45. The number of benzene rings is 1. The average Bonchev–Trinajstić information content (AvgIpc) is 3.34. The van der Waals surface area contributed by atoms with Crippen LogP contribution >= 0.6 is 0 Å². The van der Waals surface area contributed by atoms with E-state index < -0.39 is 34.1 Å². The van der Waals surface area contributed by atoms with Crippen LogP contribution in [-0.2, 0) is 10.8 Å². The molecule has 2 aromatic rings. The first kappa shape index (κ1) is 33.2. The molecule has 0 amide bonds. The van der Waals surface area contributed by atoms with Crippen LogP contribution in [0.3, 0.4) is 0 Å². The number of hydrogen-bond donors (Lipinski definition) is 1. The zero-order chi connectivity index (χ0) is 31.6. The molecule has 0 radical (unpaired) electrons. The van der Waals surface area contributed by atoms with E-state index in [2.05, 4.69) is 73.7 Å². The fourth-order valence-corrected chi connectivity index (χ4v) is 9.44. The van der Waals surface area contributed by atoms with Crippen LogP contribution < -0.4 is 5.19 Å². The van der Waals surface area contributed by atoms with Gasteiger partial charge in [-0.3, -0.25) is 4.98 Å². The van der Waals surface area contributed by atoms with E-state index in [-0.39, 0.29) is 39.1 Å². The van der Waals surface area contributed by atoms with Crippen LogP contribution in [0.1, 0.15) is 125 Å². The summed E-state index contributed by atoms with van der Waals surface area (Å²) in [7, 11) is -4.44. The molecule has 0 spiro atoms. The third kappa shape index (κ3) is 6.40. The van der Waals surface area contributed by atoms with Gasteiger partial charge in [0.25, 0.3) is 0 Å². The van der Waals surface area contributed by atoms with E-state index in [1.54, 1.807) is 0 Å². The molecular formula is C35H53F2NO2Si2. The van der Waals surface area contributed by atoms with Gasteiger partial charge in [0.05, 0.1) is 14.2 Å². The molecule has 2 aliphatic carbocycles. The minimum Gasteiger partial charge on any atom is -0.410 e. The van der Waals surface area contributed by atoms with Gasteiger partial charge in [0.1, 0.15) is 17.7 Å². The van der Waals surface area contributed by atoms with Crippen molar-refractivity contribution in [1.29, 1.82) is 0 Å². The van der Waals surface area contributed by atoms with Crippen LogP contribution in [0.25, 0.3) is 0 Å². The molecule has 232 valence electrons. The smallest absolute Gasteiger partial charge is 0.192 e. The summed E-state index contributed by atoms with van der Waals surface area (Å²) in [6.07, 6.45) is 6.68. The van der Waals surface area contributed by atoms with Gasteiger partial charge >= 0.3 is 0 Å². The number of aliphatic hydroxyl groups is 1. The van der Waals surface area contributed by atoms with Crippen LogP contribution in [0, 0.1) is 17.0 Å². The quantitative estimate of drug-likeness (QED) is 0.250. The topological polar surface area (TPSA) is 42.4 Å². The Hall–Kier alpha value is -1.68. The second-order valence-corrected chi connectivity index (χ2v) is 26.1.